The molecule has 0 spiro atoms. The molecule has 2 aliphatic heterocycles. The second-order valence-corrected chi connectivity index (χ2v) is 6.08. The third-order valence-electron chi connectivity index (χ3n) is 3.65. The lowest BCUT2D eigenvalue weighted by atomic mass is 9.90. The monoisotopic (exact) mass is 210 g/mol. The number of carbonyl (C=O) groups is 1. The fourth-order valence-corrected chi connectivity index (χ4v) is 2.94. The van der Waals surface area contributed by atoms with Crippen LogP contribution in [0.4, 0.5) is 0 Å². The highest BCUT2D eigenvalue weighted by Gasteiger charge is 2.44. The van der Waals surface area contributed by atoms with Gasteiger partial charge in [-0.3, -0.25) is 4.79 Å². The molecule has 0 aromatic rings. The van der Waals surface area contributed by atoms with Crippen LogP contribution in [0, 0.1) is 5.41 Å². The van der Waals surface area contributed by atoms with Crippen LogP contribution < -0.4 is 5.73 Å². The van der Waals surface area contributed by atoms with E-state index in [2.05, 4.69) is 4.90 Å². The van der Waals surface area contributed by atoms with Gasteiger partial charge < -0.3 is 10.6 Å². The fourth-order valence-electron chi connectivity index (χ4n) is 2.94. The lowest BCUT2D eigenvalue weighted by Gasteiger charge is -2.40. The third-order valence-corrected chi connectivity index (χ3v) is 3.65. The minimum absolute atomic E-state index is 0.248. The molecule has 0 aromatic heterocycles. The Kier molecular flexibility index (Phi) is 2.53. The van der Waals surface area contributed by atoms with Crippen LogP contribution in [0.25, 0.3) is 0 Å². The number of rotatable bonds is 0. The molecular formula is C12H22N2O. The molecule has 2 saturated heterocycles. The molecule has 1 amide bonds. The maximum Gasteiger partial charge on any atom is 0.228 e. The number of piperidine rings is 1. The summed E-state index contributed by atoms with van der Waals surface area (Å²) < 4.78 is 0. The minimum Gasteiger partial charge on any atom is -0.336 e. The lowest BCUT2D eigenvalue weighted by Crippen LogP contribution is -2.53. The van der Waals surface area contributed by atoms with Crippen LogP contribution in [-0.2, 0) is 4.79 Å². The van der Waals surface area contributed by atoms with Crippen molar-refractivity contribution >= 4 is 5.91 Å². The molecule has 2 heterocycles. The average Bonchev–Trinajstić information content (AvgIpc) is 2.35. The Hall–Kier alpha value is -0.570. The molecule has 3 heteroatoms. The van der Waals surface area contributed by atoms with Crippen molar-refractivity contribution in [2.24, 2.45) is 11.1 Å². The summed E-state index contributed by atoms with van der Waals surface area (Å²) in [6.45, 7) is 6.01. The van der Waals surface area contributed by atoms with Crippen molar-refractivity contribution in [1.82, 2.24) is 4.90 Å². The Labute approximate surface area is 92.0 Å². The number of hydrogen-bond acceptors (Lipinski definition) is 2. The highest BCUT2D eigenvalue weighted by atomic mass is 16.2. The van der Waals surface area contributed by atoms with E-state index >= 15 is 0 Å². The molecular weight excluding hydrogens is 188 g/mol. The van der Waals surface area contributed by atoms with Crippen LogP contribution in [0.5, 0.6) is 0 Å². The summed E-state index contributed by atoms with van der Waals surface area (Å²) in [6, 6.07) is 1.16. The SMILES string of the molecule is CC(C)(C)C(=O)N1C2CCC1CC(N)C2. The molecule has 0 aliphatic carbocycles. The Balaban J connectivity index is 2.15. The topological polar surface area (TPSA) is 46.3 Å². The summed E-state index contributed by atoms with van der Waals surface area (Å²) >= 11 is 0. The second kappa shape index (κ2) is 3.48. The first-order valence-electron chi connectivity index (χ1n) is 5.98. The highest BCUT2D eigenvalue weighted by Crippen LogP contribution is 2.37. The maximum absolute atomic E-state index is 12.3. The van der Waals surface area contributed by atoms with Gasteiger partial charge in [-0.1, -0.05) is 20.8 Å². The van der Waals surface area contributed by atoms with Crippen LogP contribution in [-0.4, -0.2) is 28.9 Å². The molecule has 2 N–H and O–H groups in total. The van der Waals surface area contributed by atoms with E-state index in [9.17, 15) is 4.79 Å². The van der Waals surface area contributed by atoms with Crippen LogP contribution in [0.2, 0.25) is 0 Å². The Morgan fingerprint density at radius 3 is 2.07 bits per heavy atom. The molecule has 86 valence electrons. The third kappa shape index (κ3) is 1.89. The first kappa shape index (κ1) is 10.9. The number of nitrogens with two attached hydrogens (primary N) is 1. The summed E-state index contributed by atoms with van der Waals surface area (Å²) in [6.07, 6.45) is 4.30. The van der Waals surface area contributed by atoms with Gasteiger partial charge in [-0.05, 0) is 25.7 Å². The number of carbonyl (C=O) groups excluding carboxylic acids is 1. The smallest absolute Gasteiger partial charge is 0.228 e. The molecule has 0 saturated carbocycles. The number of hydrogen-bond donors (Lipinski definition) is 1. The molecule has 15 heavy (non-hydrogen) atoms. The van der Waals surface area contributed by atoms with Crippen molar-refractivity contribution in [2.75, 3.05) is 0 Å². The van der Waals surface area contributed by atoms with E-state index in [1.807, 2.05) is 20.8 Å². The van der Waals surface area contributed by atoms with Crippen molar-refractivity contribution in [3.05, 3.63) is 0 Å². The summed E-state index contributed by atoms with van der Waals surface area (Å²) in [4.78, 5) is 14.4. The van der Waals surface area contributed by atoms with Crippen molar-refractivity contribution in [2.45, 2.75) is 64.6 Å². The van der Waals surface area contributed by atoms with E-state index in [0.29, 0.717) is 24.0 Å². The predicted octanol–water partition coefficient (Wildman–Crippen LogP) is 1.51. The van der Waals surface area contributed by atoms with Gasteiger partial charge in [-0.2, -0.15) is 0 Å². The van der Waals surface area contributed by atoms with E-state index in [1.165, 1.54) is 0 Å². The summed E-state index contributed by atoms with van der Waals surface area (Å²) in [5, 5.41) is 0. The van der Waals surface area contributed by atoms with Gasteiger partial charge in [-0.25, -0.2) is 0 Å². The predicted molar refractivity (Wildman–Crippen MR) is 60.3 cm³/mol. The molecule has 2 rings (SSSR count). The van der Waals surface area contributed by atoms with Gasteiger partial charge >= 0.3 is 0 Å². The minimum atomic E-state index is -0.248. The molecule has 2 aliphatic rings. The summed E-state index contributed by atoms with van der Waals surface area (Å²) in [5.41, 5.74) is 5.74. The van der Waals surface area contributed by atoms with Gasteiger partial charge in [0.05, 0.1) is 0 Å². The number of fused-ring (bicyclic) bond motifs is 2. The van der Waals surface area contributed by atoms with Gasteiger partial charge in [0, 0.05) is 23.5 Å². The van der Waals surface area contributed by atoms with Crippen molar-refractivity contribution in [1.29, 1.82) is 0 Å². The molecule has 0 aromatic carbocycles. The normalized spacial score (nSPS) is 35.7. The fraction of sp³-hybridized carbons (Fsp3) is 0.917. The van der Waals surface area contributed by atoms with Crippen LogP contribution in [0.1, 0.15) is 46.5 Å². The zero-order valence-corrected chi connectivity index (χ0v) is 9.99. The molecule has 3 nitrogen and oxygen atoms in total. The van der Waals surface area contributed by atoms with Gasteiger partial charge in [0.15, 0.2) is 0 Å². The van der Waals surface area contributed by atoms with Gasteiger partial charge in [0.25, 0.3) is 0 Å². The van der Waals surface area contributed by atoms with Crippen molar-refractivity contribution < 1.29 is 4.79 Å². The quantitative estimate of drug-likeness (QED) is 0.659. The Morgan fingerprint density at radius 2 is 1.67 bits per heavy atom. The maximum atomic E-state index is 12.3. The van der Waals surface area contributed by atoms with E-state index in [-0.39, 0.29) is 5.41 Å². The van der Waals surface area contributed by atoms with E-state index in [1.54, 1.807) is 0 Å². The summed E-state index contributed by atoms with van der Waals surface area (Å²) in [7, 11) is 0. The Morgan fingerprint density at radius 1 is 1.20 bits per heavy atom. The largest absolute Gasteiger partial charge is 0.336 e. The number of nitrogens with zero attached hydrogens (tertiary/aromatic N) is 1. The first-order chi connectivity index (χ1) is 6.89. The van der Waals surface area contributed by atoms with Crippen LogP contribution >= 0.6 is 0 Å². The van der Waals surface area contributed by atoms with Crippen LogP contribution in [0.15, 0.2) is 0 Å². The Bertz CT molecular complexity index is 255. The molecule has 2 atom stereocenters. The van der Waals surface area contributed by atoms with E-state index < -0.39 is 0 Å². The van der Waals surface area contributed by atoms with Gasteiger partial charge in [0.2, 0.25) is 5.91 Å². The average molecular weight is 210 g/mol. The lowest BCUT2D eigenvalue weighted by molar-refractivity contribution is -0.144. The van der Waals surface area contributed by atoms with Crippen molar-refractivity contribution in [3.63, 3.8) is 0 Å². The number of amides is 1. The molecule has 0 radical (unpaired) electrons. The molecule has 2 unspecified atom stereocenters. The van der Waals surface area contributed by atoms with E-state index in [0.717, 1.165) is 25.7 Å². The molecule has 2 bridgehead atoms. The summed E-state index contributed by atoms with van der Waals surface area (Å²) in [5.74, 6) is 0.307. The zero-order valence-electron chi connectivity index (χ0n) is 9.99. The molecule has 2 fully saturated rings. The first-order valence-corrected chi connectivity index (χ1v) is 5.98. The highest BCUT2D eigenvalue weighted by molar-refractivity contribution is 5.82. The zero-order chi connectivity index (χ0) is 11.2. The second-order valence-electron chi connectivity index (χ2n) is 6.08. The van der Waals surface area contributed by atoms with Gasteiger partial charge in [-0.15, -0.1) is 0 Å². The van der Waals surface area contributed by atoms with Crippen LogP contribution in [0.3, 0.4) is 0 Å². The van der Waals surface area contributed by atoms with E-state index in [4.69, 9.17) is 5.73 Å². The van der Waals surface area contributed by atoms with Gasteiger partial charge in [0.1, 0.15) is 0 Å². The standard InChI is InChI=1S/C12H22N2O/c1-12(2,3)11(15)14-9-4-5-10(14)7-8(13)6-9/h8-10H,4-7,13H2,1-3H3. The van der Waals surface area contributed by atoms with Crippen molar-refractivity contribution in [3.8, 4) is 0 Å².